The first-order chi connectivity index (χ1) is 17.2. The van der Waals surface area contributed by atoms with Crippen molar-refractivity contribution < 1.29 is 29.4 Å². The number of aliphatic carboxylic acids is 2. The van der Waals surface area contributed by atoms with Crippen LogP contribution in [0.25, 0.3) is 0 Å². The van der Waals surface area contributed by atoms with Crippen LogP contribution in [-0.4, -0.2) is 69.6 Å². The van der Waals surface area contributed by atoms with Crippen LogP contribution in [0.15, 0.2) is 60.7 Å². The van der Waals surface area contributed by atoms with Crippen molar-refractivity contribution in [1.29, 1.82) is 0 Å². The van der Waals surface area contributed by atoms with E-state index in [0.29, 0.717) is 0 Å². The topological polar surface area (TPSA) is 185 Å². The number of hydrogen-bond donors (Lipinski definition) is 6. The van der Waals surface area contributed by atoms with Gasteiger partial charge < -0.3 is 32.3 Å². The fourth-order valence-electron chi connectivity index (χ4n) is 3.05. The number of nitrogens with two attached hydrogens (primary N) is 2. The Kier molecular flexibility index (Phi) is 12.3. The highest BCUT2D eigenvalue weighted by molar-refractivity contribution is 8.76. The molecule has 0 saturated heterocycles. The van der Waals surface area contributed by atoms with Gasteiger partial charge in [-0.05, 0) is 11.1 Å². The van der Waals surface area contributed by atoms with Gasteiger partial charge in [-0.3, -0.25) is 9.59 Å². The van der Waals surface area contributed by atoms with Gasteiger partial charge in [0.25, 0.3) is 0 Å². The molecule has 0 aliphatic carbocycles. The maximum absolute atomic E-state index is 12.4. The van der Waals surface area contributed by atoms with Gasteiger partial charge in [0.05, 0.1) is 12.1 Å². The Morgan fingerprint density at radius 3 is 1.31 bits per heavy atom. The molecule has 12 heteroatoms. The maximum Gasteiger partial charge on any atom is 0.326 e. The van der Waals surface area contributed by atoms with E-state index in [9.17, 15) is 29.4 Å². The molecule has 2 rings (SSSR count). The normalized spacial score (nSPS) is 14.2. The van der Waals surface area contributed by atoms with E-state index >= 15 is 0 Å². The smallest absolute Gasteiger partial charge is 0.326 e. The Labute approximate surface area is 217 Å². The fourth-order valence-corrected chi connectivity index (χ4v) is 5.30. The quantitative estimate of drug-likeness (QED) is 0.140. The fraction of sp³-hybridized carbons (Fsp3) is 0.333. The molecule has 10 nitrogen and oxygen atoms in total. The van der Waals surface area contributed by atoms with Gasteiger partial charge in [0.1, 0.15) is 12.1 Å². The van der Waals surface area contributed by atoms with Crippen LogP contribution in [0.1, 0.15) is 11.1 Å². The van der Waals surface area contributed by atoms with E-state index in [0.717, 1.165) is 11.1 Å². The molecular formula is C24H30N4O6S2. The van der Waals surface area contributed by atoms with Gasteiger partial charge in [0, 0.05) is 24.3 Å². The van der Waals surface area contributed by atoms with E-state index in [1.165, 1.54) is 21.6 Å². The van der Waals surface area contributed by atoms with E-state index in [-0.39, 0.29) is 24.3 Å². The second-order valence-electron chi connectivity index (χ2n) is 7.96. The minimum Gasteiger partial charge on any atom is -0.480 e. The number of benzene rings is 2. The molecule has 0 aromatic heterocycles. The molecule has 0 heterocycles. The highest BCUT2D eigenvalue weighted by Gasteiger charge is 2.25. The second-order valence-corrected chi connectivity index (χ2v) is 10.5. The molecule has 8 N–H and O–H groups in total. The summed E-state index contributed by atoms with van der Waals surface area (Å²) in [7, 11) is 2.42. The lowest BCUT2D eigenvalue weighted by molar-refractivity contribution is -0.142. The number of carbonyl (C=O) groups excluding carboxylic acids is 2. The van der Waals surface area contributed by atoms with Crippen molar-refractivity contribution in [3.63, 3.8) is 0 Å². The van der Waals surface area contributed by atoms with Crippen LogP contribution in [0.5, 0.6) is 0 Å². The summed E-state index contributed by atoms with van der Waals surface area (Å²) in [5, 5.41) is 23.7. The number of rotatable bonds is 15. The van der Waals surface area contributed by atoms with E-state index in [1.54, 1.807) is 48.5 Å². The van der Waals surface area contributed by atoms with Crippen molar-refractivity contribution >= 4 is 45.3 Å². The first-order valence-electron chi connectivity index (χ1n) is 11.1. The standard InChI is InChI=1S/C24H30N4O6S2/c25-17(21(29)27-19(23(31)32)11-15-7-3-1-4-8-15)13-35-36-14-18(26)22(30)28-20(24(33)34)12-16-9-5-2-6-10-16/h1-10,17-20H,11-14,25-26H2,(H,27,29)(H,28,30)(H,31,32)(H,33,34)/t17-,18-,19-,20-/m0/s1. The zero-order valence-electron chi connectivity index (χ0n) is 19.4. The summed E-state index contributed by atoms with van der Waals surface area (Å²) in [6, 6.07) is 13.7. The Bertz CT molecular complexity index is 931. The van der Waals surface area contributed by atoms with Gasteiger partial charge in [-0.25, -0.2) is 9.59 Å². The largest absolute Gasteiger partial charge is 0.480 e. The third-order valence-electron chi connectivity index (χ3n) is 5.05. The van der Waals surface area contributed by atoms with E-state index in [1.807, 2.05) is 12.1 Å². The van der Waals surface area contributed by atoms with Gasteiger partial charge >= 0.3 is 11.9 Å². The van der Waals surface area contributed by atoms with E-state index < -0.39 is 47.9 Å². The summed E-state index contributed by atoms with van der Waals surface area (Å²) in [5.41, 5.74) is 13.3. The molecule has 0 radical (unpaired) electrons. The third kappa shape index (κ3) is 10.3. The SMILES string of the molecule is N[C@@H](CSSC[C@H](N)C(=O)N[C@@H](Cc1ccccc1)C(=O)O)C(=O)N[C@@H](Cc1ccccc1)C(=O)O. The lowest BCUT2D eigenvalue weighted by Gasteiger charge is -2.19. The molecule has 194 valence electrons. The summed E-state index contributed by atoms with van der Waals surface area (Å²) >= 11 is 0. The van der Waals surface area contributed by atoms with Crippen molar-refractivity contribution in [1.82, 2.24) is 10.6 Å². The lowest BCUT2D eigenvalue weighted by atomic mass is 10.1. The highest BCUT2D eigenvalue weighted by atomic mass is 33.1. The van der Waals surface area contributed by atoms with Gasteiger partial charge in [-0.2, -0.15) is 0 Å². The summed E-state index contributed by atoms with van der Waals surface area (Å²) in [6.07, 6.45) is 0.254. The van der Waals surface area contributed by atoms with Crippen molar-refractivity contribution in [2.75, 3.05) is 11.5 Å². The number of nitrogens with one attached hydrogen (secondary N) is 2. The van der Waals surface area contributed by atoms with Crippen molar-refractivity contribution in [2.24, 2.45) is 11.5 Å². The molecule has 0 aliphatic rings. The first kappa shape index (κ1) is 29.2. The molecule has 0 unspecified atom stereocenters. The molecule has 0 spiro atoms. The van der Waals surface area contributed by atoms with Crippen LogP contribution >= 0.6 is 21.6 Å². The molecular weight excluding hydrogens is 504 g/mol. The Balaban J connectivity index is 1.74. The van der Waals surface area contributed by atoms with Gasteiger partial charge in [0.15, 0.2) is 0 Å². The minimum absolute atomic E-state index is 0.127. The van der Waals surface area contributed by atoms with Crippen LogP contribution < -0.4 is 22.1 Å². The molecule has 4 atom stereocenters. The Morgan fingerprint density at radius 2 is 1.00 bits per heavy atom. The molecule has 2 amide bonds. The molecule has 2 aromatic carbocycles. The summed E-state index contributed by atoms with van der Waals surface area (Å²) in [5.74, 6) is -3.20. The van der Waals surface area contributed by atoms with Crippen molar-refractivity contribution in [3.05, 3.63) is 71.8 Å². The van der Waals surface area contributed by atoms with Gasteiger partial charge in [-0.15, -0.1) is 0 Å². The summed E-state index contributed by atoms with van der Waals surface area (Å²) in [4.78, 5) is 47.8. The number of amides is 2. The first-order valence-corrected chi connectivity index (χ1v) is 13.6. The van der Waals surface area contributed by atoms with E-state index in [2.05, 4.69) is 10.6 Å². The van der Waals surface area contributed by atoms with Crippen LogP contribution in [0.4, 0.5) is 0 Å². The van der Waals surface area contributed by atoms with Crippen LogP contribution in [0.3, 0.4) is 0 Å². The zero-order chi connectivity index (χ0) is 26.5. The predicted octanol–water partition coefficient (Wildman–Crippen LogP) is 0.647. The minimum atomic E-state index is -1.16. The average molecular weight is 535 g/mol. The number of carboxylic acids is 2. The second kappa shape index (κ2) is 15.1. The van der Waals surface area contributed by atoms with Crippen LogP contribution in [-0.2, 0) is 32.0 Å². The molecule has 36 heavy (non-hydrogen) atoms. The third-order valence-corrected chi connectivity index (χ3v) is 7.52. The monoisotopic (exact) mass is 534 g/mol. The van der Waals surface area contributed by atoms with Crippen LogP contribution in [0, 0.1) is 0 Å². The van der Waals surface area contributed by atoms with E-state index in [4.69, 9.17) is 11.5 Å². The Morgan fingerprint density at radius 1 is 0.667 bits per heavy atom. The summed E-state index contributed by atoms with van der Waals surface area (Å²) in [6.45, 7) is 0. The van der Waals surface area contributed by atoms with Crippen LogP contribution in [0.2, 0.25) is 0 Å². The molecule has 0 bridgehead atoms. The number of carbonyl (C=O) groups is 4. The lowest BCUT2D eigenvalue weighted by Crippen LogP contribution is -2.50. The predicted molar refractivity (Wildman–Crippen MR) is 140 cm³/mol. The average Bonchev–Trinajstić information content (AvgIpc) is 2.86. The summed E-state index contributed by atoms with van der Waals surface area (Å²) < 4.78 is 0. The highest BCUT2D eigenvalue weighted by Crippen LogP contribution is 2.22. The molecule has 0 fully saturated rings. The van der Waals surface area contributed by atoms with Gasteiger partial charge in [-0.1, -0.05) is 82.3 Å². The zero-order valence-corrected chi connectivity index (χ0v) is 21.0. The number of carboxylic acid groups (broad SMARTS) is 2. The molecule has 0 saturated carbocycles. The molecule has 0 aliphatic heterocycles. The van der Waals surface area contributed by atoms with Crippen molar-refractivity contribution in [3.8, 4) is 0 Å². The molecule has 2 aromatic rings. The van der Waals surface area contributed by atoms with Gasteiger partial charge in [0.2, 0.25) is 11.8 Å². The van der Waals surface area contributed by atoms with Crippen molar-refractivity contribution in [2.45, 2.75) is 37.0 Å². The number of hydrogen-bond acceptors (Lipinski definition) is 8. The maximum atomic E-state index is 12.4. The Hall–Kier alpha value is -3.06.